The molecule has 0 aromatic rings. The van der Waals surface area contributed by atoms with E-state index in [4.69, 9.17) is 0 Å². The third-order valence-corrected chi connectivity index (χ3v) is 4.79. The molecule has 0 aromatic carbocycles. The van der Waals surface area contributed by atoms with Gasteiger partial charge in [0.05, 0.1) is 12.1 Å². The summed E-state index contributed by atoms with van der Waals surface area (Å²) in [5, 5.41) is 12.7. The number of hydrogen-bond acceptors (Lipinski definition) is 3. The molecule has 2 aliphatic rings. The van der Waals surface area contributed by atoms with Crippen LogP contribution in [0.4, 0.5) is 0 Å². The lowest BCUT2D eigenvalue weighted by Gasteiger charge is -2.35. The van der Waals surface area contributed by atoms with Crippen LogP contribution in [0.3, 0.4) is 0 Å². The van der Waals surface area contributed by atoms with Crippen molar-refractivity contribution in [1.82, 2.24) is 10.2 Å². The molecule has 1 unspecified atom stereocenters. The van der Waals surface area contributed by atoms with Gasteiger partial charge < -0.3 is 10.4 Å². The van der Waals surface area contributed by atoms with E-state index in [1.165, 1.54) is 12.8 Å². The van der Waals surface area contributed by atoms with Crippen molar-refractivity contribution in [3.8, 4) is 0 Å². The number of likely N-dealkylation sites (tertiary alicyclic amines) is 1. The second-order valence-corrected chi connectivity index (χ2v) is 6.41. The fourth-order valence-electron chi connectivity index (χ4n) is 3.17. The van der Waals surface area contributed by atoms with Crippen LogP contribution in [0.25, 0.3) is 0 Å². The Morgan fingerprint density at radius 3 is 2.32 bits per heavy atom. The monoisotopic (exact) mass is 268 g/mol. The molecule has 1 heterocycles. The van der Waals surface area contributed by atoms with Crippen LogP contribution < -0.4 is 5.32 Å². The van der Waals surface area contributed by atoms with Crippen molar-refractivity contribution in [2.24, 2.45) is 5.92 Å². The van der Waals surface area contributed by atoms with Crippen LogP contribution in [0.5, 0.6) is 0 Å². The minimum atomic E-state index is -0.175. The summed E-state index contributed by atoms with van der Waals surface area (Å²) >= 11 is 0. The molecule has 19 heavy (non-hydrogen) atoms. The molecular formula is C15H28N2O2. The number of carbonyl (C=O) groups is 1. The molecule has 4 heteroatoms. The first-order valence-corrected chi connectivity index (χ1v) is 7.78. The van der Waals surface area contributed by atoms with E-state index >= 15 is 0 Å². The standard InChI is InChI=1S/C15H28N2O2/c1-11-3-5-13(6-4-11)16-15(19)12(2)17-9-7-14(18)8-10-17/h11-14,18H,3-10H2,1-2H3,(H,16,19). The van der Waals surface area contributed by atoms with Crippen LogP contribution in [0.15, 0.2) is 0 Å². The van der Waals surface area contributed by atoms with Gasteiger partial charge in [0, 0.05) is 19.1 Å². The van der Waals surface area contributed by atoms with E-state index in [0.717, 1.165) is 44.7 Å². The van der Waals surface area contributed by atoms with Crippen molar-refractivity contribution in [3.63, 3.8) is 0 Å². The van der Waals surface area contributed by atoms with Gasteiger partial charge in [-0.15, -0.1) is 0 Å². The molecular weight excluding hydrogens is 240 g/mol. The van der Waals surface area contributed by atoms with Crippen molar-refractivity contribution >= 4 is 5.91 Å². The van der Waals surface area contributed by atoms with Gasteiger partial charge in [-0.25, -0.2) is 0 Å². The fourth-order valence-corrected chi connectivity index (χ4v) is 3.17. The number of nitrogens with zero attached hydrogens (tertiary/aromatic N) is 1. The highest BCUT2D eigenvalue weighted by Crippen LogP contribution is 2.23. The molecule has 4 nitrogen and oxygen atoms in total. The minimum absolute atomic E-state index is 0.0631. The zero-order valence-electron chi connectivity index (χ0n) is 12.3. The molecule has 2 rings (SSSR count). The van der Waals surface area contributed by atoms with Crippen molar-refractivity contribution in [1.29, 1.82) is 0 Å². The fraction of sp³-hybridized carbons (Fsp3) is 0.933. The van der Waals surface area contributed by atoms with Crippen LogP contribution in [0.1, 0.15) is 52.4 Å². The lowest BCUT2D eigenvalue weighted by molar-refractivity contribution is -0.127. The maximum Gasteiger partial charge on any atom is 0.237 e. The number of aliphatic hydroxyl groups excluding tert-OH is 1. The van der Waals surface area contributed by atoms with E-state index in [9.17, 15) is 9.90 Å². The van der Waals surface area contributed by atoms with E-state index in [1.54, 1.807) is 0 Å². The topological polar surface area (TPSA) is 52.6 Å². The Morgan fingerprint density at radius 1 is 1.16 bits per heavy atom. The van der Waals surface area contributed by atoms with Gasteiger partial charge in [-0.05, 0) is 51.4 Å². The van der Waals surface area contributed by atoms with Crippen LogP contribution in [-0.2, 0) is 4.79 Å². The van der Waals surface area contributed by atoms with Gasteiger partial charge in [-0.2, -0.15) is 0 Å². The normalized spacial score (nSPS) is 31.9. The molecule has 1 aliphatic carbocycles. The summed E-state index contributed by atoms with van der Waals surface area (Å²) < 4.78 is 0. The summed E-state index contributed by atoms with van der Waals surface area (Å²) in [6.45, 7) is 5.94. The second kappa shape index (κ2) is 6.71. The number of aliphatic hydroxyl groups is 1. The molecule has 2 N–H and O–H groups in total. The molecule has 0 bridgehead atoms. The second-order valence-electron chi connectivity index (χ2n) is 6.41. The summed E-state index contributed by atoms with van der Waals surface area (Å²) in [7, 11) is 0. The van der Waals surface area contributed by atoms with Gasteiger partial charge in [-0.1, -0.05) is 6.92 Å². The Morgan fingerprint density at radius 2 is 1.74 bits per heavy atom. The quantitative estimate of drug-likeness (QED) is 0.816. The number of amides is 1. The van der Waals surface area contributed by atoms with Crippen molar-refractivity contribution < 1.29 is 9.90 Å². The van der Waals surface area contributed by atoms with Gasteiger partial charge in [0.2, 0.25) is 5.91 Å². The Hall–Kier alpha value is -0.610. The highest BCUT2D eigenvalue weighted by atomic mass is 16.3. The molecule has 110 valence electrons. The number of hydrogen-bond donors (Lipinski definition) is 2. The first-order chi connectivity index (χ1) is 9.06. The Labute approximate surface area is 116 Å². The lowest BCUT2D eigenvalue weighted by atomic mass is 9.87. The Balaban J connectivity index is 1.76. The Bertz CT molecular complexity index is 293. The molecule has 1 saturated carbocycles. The first kappa shape index (κ1) is 14.8. The van der Waals surface area contributed by atoms with E-state index in [0.29, 0.717) is 6.04 Å². The number of piperidine rings is 1. The van der Waals surface area contributed by atoms with Gasteiger partial charge in [0.15, 0.2) is 0 Å². The Kier molecular flexibility index (Phi) is 5.22. The predicted molar refractivity (Wildman–Crippen MR) is 75.8 cm³/mol. The van der Waals surface area contributed by atoms with Gasteiger partial charge in [0.1, 0.15) is 0 Å². The zero-order chi connectivity index (χ0) is 13.8. The number of carbonyl (C=O) groups excluding carboxylic acids is 1. The molecule has 0 spiro atoms. The van der Waals surface area contributed by atoms with E-state index in [-0.39, 0.29) is 18.1 Å². The van der Waals surface area contributed by atoms with Crippen LogP contribution >= 0.6 is 0 Å². The average Bonchev–Trinajstić information content (AvgIpc) is 2.41. The molecule has 0 aromatic heterocycles. The summed E-state index contributed by atoms with van der Waals surface area (Å²) in [5.41, 5.74) is 0. The molecule has 1 amide bonds. The van der Waals surface area contributed by atoms with Gasteiger partial charge in [0.25, 0.3) is 0 Å². The summed E-state index contributed by atoms with van der Waals surface area (Å²) in [4.78, 5) is 14.4. The summed E-state index contributed by atoms with van der Waals surface area (Å²) in [6, 6.07) is 0.313. The summed E-state index contributed by atoms with van der Waals surface area (Å²) in [5.74, 6) is 0.977. The minimum Gasteiger partial charge on any atom is -0.393 e. The lowest BCUT2D eigenvalue weighted by Crippen LogP contribution is -2.51. The van der Waals surface area contributed by atoms with Crippen molar-refractivity contribution in [3.05, 3.63) is 0 Å². The third-order valence-electron chi connectivity index (χ3n) is 4.79. The van der Waals surface area contributed by atoms with Crippen LogP contribution in [0, 0.1) is 5.92 Å². The maximum atomic E-state index is 12.3. The van der Waals surface area contributed by atoms with Crippen molar-refractivity contribution in [2.75, 3.05) is 13.1 Å². The highest BCUT2D eigenvalue weighted by Gasteiger charge is 2.27. The molecule has 1 atom stereocenters. The molecule has 2 fully saturated rings. The smallest absolute Gasteiger partial charge is 0.237 e. The number of nitrogens with one attached hydrogen (secondary N) is 1. The molecule has 0 radical (unpaired) electrons. The van der Waals surface area contributed by atoms with E-state index in [1.807, 2.05) is 6.92 Å². The first-order valence-electron chi connectivity index (χ1n) is 7.78. The molecule has 1 saturated heterocycles. The highest BCUT2D eigenvalue weighted by molar-refractivity contribution is 5.81. The average molecular weight is 268 g/mol. The number of rotatable bonds is 3. The van der Waals surface area contributed by atoms with Gasteiger partial charge in [-0.3, -0.25) is 9.69 Å². The summed E-state index contributed by atoms with van der Waals surface area (Å²) in [6.07, 6.45) is 6.12. The van der Waals surface area contributed by atoms with Crippen LogP contribution in [-0.4, -0.2) is 47.2 Å². The predicted octanol–water partition coefficient (Wildman–Crippen LogP) is 1.53. The van der Waals surface area contributed by atoms with E-state index < -0.39 is 0 Å². The maximum absolute atomic E-state index is 12.3. The van der Waals surface area contributed by atoms with Crippen LogP contribution in [0.2, 0.25) is 0 Å². The SMILES string of the molecule is CC1CCC(NC(=O)C(C)N2CCC(O)CC2)CC1. The van der Waals surface area contributed by atoms with Crippen molar-refractivity contribution in [2.45, 2.75) is 70.6 Å². The van der Waals surface area contributed by atoms with Gasteiger partial charge >= 0.3 is 0 Å². The van der Waals surface area contributed by atoms with E-state index in [2.05, 4.69) is 17.1 Å². The molecule has 1 aliphatic heterocycles. The zero-order valence-corrected chi connectivity index (χ0v) is 12.3. The largest absolute Gasteiger partial charge is 0.393 e. The third kappa shape index (κ3) is 4.18.